The number of ether oxygens (including phenoxy) is 2. The van der Waals surface area contributed by atoms with Crippen molar-refractivity contribution in [1.29, 1.82) is 0 Å². The van der Waals surface area contributed by atoms with Crippen molar-refractivity contribution in [1.82, 2.24) is 5.01 Å². The summed E-state index contributed by atoms with van der Waals surface area (Å²) in [7, 11) is 2.95. The highest BCUT2D eigenvalue weighted by Gasteiger charge is 2.23. The second-order valence-corrected chi connectivity index (χ2v) is 4.79. The van der Waals surface area contributed by atoms with Crippen LogP contribution in [0.5, 0.6) is 5.75 Å². The molecule has 1 heterocycles. The first-order chi connectivity index (χ1) is 11.0. The number of hydrazone groups is 1. The summed E-state index contributed by atoms with van der Waals surface area (Å²) in [5.74, 6) is -0.873. The minimum atomic E-state index is -0.709. The number of para-hydroxylation sites is 2. The molecule has 8 heteroatoms. The number of esters is 1. The fourth-order valence-electron chi connectivity index (χ4n) is 1.97. The van der Waals surface area contributed by atoms with Gasteiger partial charge in [-0.2, -0.15) is 5.10 Å². The van der Waals surface area contributed by atoms with Crippen LogP contribution in [0.2, 0.25) is 0 Å². The van der Waals surface area contributed by atoms with Gasteiger partial charge >= 0.3 is 5.97 Å². The molecule has 0 atom stereocenters. The van der Waals surface area contributed by atoms with E-state index in [1.807, 2.05) is 0 Å². The van der Waals surface area contributed by atoms with E-state index in [-0.39, 0.29) is 24.5 Å². The predicted octanol–water partition coefficient (Wildman–Crippen LogP) is 0.785. The Bertz CT molecular complexity index is 656. The molecular weight excluding hydrogens is 302 g/mol. The first-order valence-corrected chi connectivity index (χ1v) is 6.95. The third kappa shape index (κ3) is 4.29. The number of carbonyl (C=O) groups excluding carboxylic acids is 3. The molecule has 0 spiro atoms. The second kappa shape index (κ2) is 7.39. The van der Waals surface area contributed by atoms with Gasteiger partial charge in [0.15, 0.2) is 6.61 Å². The summed E-state index contributed by atoms with van der Waals surface area (Å²) in [5, 5.41) is 7.51. The van der Waals surface area contributed by atoms with Crippen LogP contribution >= 0.6 is 0 Å². The lowest BCUT2D eigenvalue weighted by Crippen LogP contribution is -2.33. The molecule has 122 valence electrons. The van der Waals surface area contributed by atoms with Crippen molar-refractivity contribution in [2.45, 2.75) is 12.8 Å². The molecule has 2 amide bonds. The average Bonchev–Trinajstić information content (AvgIpc) is 2.55. The van der Waals surface area contributed by atoms with E-state index in [1.54, 1.807) is 24.3 Å². The number of amides is 2. The van der Waals surface area contributed by atoms with Crippen LogP contribution in [0.15, 0.2) is 29.4 Å². The van der Waals surface area contributed by atoms with Gasteiger partial charge in [-0.1, -0.05) is 12.1 Å². The van der Waals surface area contributed by atoms with E-state index in [9.17, 15) is 14.4 Å². The van der Waals surface area contributed by atoms with E-state index in [0.29, 0.717) is 11.4 Å². The van der Waals surface area contributed by atoms with Crippen molar-refractivity contribution in [2.75, 3.05) is 26.1 Å². The number of carbonyl (C=O) groups is 3. The van der Waals surface area contributed by atoms with Crippen LogP contribution in [-0.2, 0) is 19.1 Å². The molecule has 0 fully saturated rings. The molecule has 0 saturated heterocycles. The molecule has 1 aromatic carbocycles. The lowest BCUT2D eigenvalue weighted by Gasteiger charge is -2.18. The van der Waals surface area contributed by atoms with Crippen LogP contribution < -0.4 is 10.1 Å². The Morgan fingerprint density at radius 3 is 2.74 bits per heavy atom. The highest BCUT2D eigenvalue weighted by atomic mass is 16.5. The number of methoxy groups -OCH3 is 1. The first-order valence-electron chi connectivity index (χ1n) is 6.95. The van der Waals surface area contributed by atoms with Crippen LogP contribution in [0, 0.1) is 0 Å². The monoisotopic (exact) mass is 319 g/mol. The molecule has 0 aromatic heterocycles. The molecule has 23 heavy (non-hydrogen) atoms. The van der Waals surface area contributed by atoms with Crippen LogP contribution in [0.3, 0.4) is 0 Å². The maximum atomic E-state index is 11.8. The average molecular weight is 319 g/mol. The lowest BCUT2D eigenvalue weighted by molar-refractivity contribution is -0.141. The van der Waals surface area contributed by atoms with Crippen molar-refractivity contribution < 1.29 is 23.9 Å². The molecule has 0 radical (unpaired) electrons. The van der Waals surface area contributed by atoms with E-state index in [2.05, 4.69) is 10.4 Å². The van der Waals surface area contributed by atoms with Crippen molar-refractivity contribution in [3.63, 3.8) is 0 Å². The van der Waals surface area contributed by atoms with E-state index < -0.39 is 18.5 Å². The van der Waals surface area contributed by atoms with Crippen LogP contribution in [0.4, 0.5) is 5.69 Å². The third-order valence-corrected chi connectivity index (χ3v) is 3.16. The van der Waals surface area contributed by atoms with Crippen LogP contribution in [0.25, 0.3) is 0 Å². The topological polar surface area (TPSA) is 97.3 Å². The Morgan fingerprint density at radius 2 is 2.04 bits per heavy atom. The fourth-order valence-corrected chi connectivity index (χ4v) is 1.97. The summed E-state index contributed by atoms with van der Waals surface area (Å²) in [6, 6.07) is 6.89. The standard InChI is InChI=1S/C15H17N3O5/c1-18-14(20)8-7-11(17-18)15(21)23-9-13(19)16-10-5-3-4-6-12(10)22-2/h3-6H,7-9H2,1-2H3,(H,16,19). The van der Waals surface area contributed by atoms with Crippen molar-refractivity contribution in [3.05, 3.63) is 24.3 Å². The molecule has 1 aliphatic heterocycles. The van der Waals surface area contributed by atoms with Gasteiger partial charge < -0.3 is 14.8 Å². The Balaban J connectivity index is 1.88. The van der Waals surface area contributed by atoms with Gasteiger partial charge in [-0.15, -0.1) is 0 Å². The summed E-state index contributed by atoms with van der Waals surface area (Å²) in [4.78, 5) is 35.0. The quantitative estimate of drug-likeness (QED) is 0.809. The van der Waals surface area contributed by atoms with Crippen molar-refractivity contribution >= 4 is 29.2 Å². The van der Waals surface area contributed by atoms with E-state index in [0.717, 1.165) is 5.01 Å². The SMILES string of the molecule is COc1ccccc1NC(=O)COC(=O)C1=NN(C)C(=O)CC1. The van der Waals surface area contributed by atoms with Crippen molar-refractivity contribution in [2.24, 2.45) is 5.10 Å². The van der Waals surface area contributed by atoms with Gasteiger partial charge in [0.05, 0.1) is 12.8 Å². The Hall–Kier alpha value is -2.90. The Morgan fingerprint density at radius 1 is 1.30 bits per heavy atom. The molecule has 1 aromatic rings. The van der Waals surface area contributed by atoms with Gasteiger partial charge in [-0.05, 0) is 12.1 Å². The third-order valence-electron chi connectivity index (χ3n) is 3.16. The zero-order valence-corrected chi connectivity index (χ0v) is 12.9. The van der Waals surface area contributed by atoms with Gasteiger partial charge in [0.1, 0.15) is 11.5 Å². The second-order valence-electron chi connectivity index (χ2n) is 4.79. The smallest absolute Gasteiger partial charge is 0.355 e. The van der Waals surface area contributed by atoms with Gasteiger partial charge in [0, 0.05) is 19.9 Å². The Kier molecular flexibility index (Phi) is 5.29. The largest absolute Gasteiger partial charge is 0.495 e. The Labute approximate surface area is 133 Å². The fraction of sp³-hybridized carbons (Fsp3) is 0.333. The number of nitrogens with one attached hydrogen (secondary N) is 1. The van der Waals surface area contributed by atoms with Crippen molar-refractivity contribution in [3.8, 4) is 5.75 Å². The number of hydrogen-bond acceptors (Lipinski definition) is 6. The molecule has 0 unspecified atom stereocenters. The van der Waals surface area contributed by atoms with Gasteiger partial charge in [0.2, 0.25) is 5.91 Å². The van der Waals surface area contributed by atoms with E-state index in [4.69, 9.17) is 9.47 Å². The van der Waals surface area contributed by atoms with Crippen LogP contribution in [-0.4, -0.2) is 49.3 Å². The summed E-state index contributed by atoms with van der Waals surface area (Å²) < 4.78 is 10.0. The van der Waals surface area contributed by atoms with Gasteiger partial charge in [-0.3, -0.25) is 9.59 Å². The molecular formula is C15H17N3O5. The highest BCUT2D eigenvalue weighted by Crippen LogP contribution is 2.22. The zero-order valence-electron chi connectivity index (χ0n) is 12.9. The lowest BCUT2D eigenvalue weighted by atomic mass is 10.2. The van der Waals surface area contributed by atoms with E-state index >= 15 is 0 Å². The maximum Gasteiger partial charge on any atom is 0.355 e. The van der Waals surface area contributed by atoms with Gasteiger partial charge in [-0.25, -0.2) is 9.80 Å². The summed E-state index contributed by atoms with van der Waals surface area (Å²) in [5.41, 5.74) is 0.605. The number of anilines is 1. The molecule has 0 aliphatic carbocycles. The van der Waals surface area contributed by atoms with Crippen LogP contribution in [0.1, 0.15) is 12.8 Å². The minimum Gasteiger partial charge on any atom is -0.495 e. The number of hydrogen-bond donors (Lipinski definition) is 1. The minimum absolute atomic E-state index is 0.122. The molecule has 0 saturated carbocycles. The summed E-state index contributed by atoms with van der Waals surface area (Å²) in [6.07, 6.45) is 0.397. The van der Waals surface area contributed by atoms with Gasteiger partial charge in [0.25, 0.3) is 5.91 Å². The molecule has 8 nitrogen and oxygen atoms in total. The normalized spacial score (nSPS) is 14.1. The number of rotatable bonds is 5. The first kappa shape index (κ1) is 16.5. The molecule has 2 rings (SSSR count). The molecule has 1 N–H and O–H groups in total. The van der Waals surface area contributed by atoms with E-state index in [1.165, 1.54) is 14.2 Å². The highest BCUT2D eigenvalue weighted by molar-refractivity contribution is 6.37. The predicted molar refractivity (Wildman–Crippen MR) is 82.0 cm³/mol. The number of nitrogens with zero attached hydrogens (tertiary/aromatic N) is 2. The molecule has 1 aliphatic rings. The summed E-state index contributed by atoms with van der Waals surface area (Å²) in [6.45, 7) is -0.451. The number of benzene rings is 1. The maximum absolute atomic E-state index is 11.8. The zero-order chi connectivity index (χ0) is 16.8. The molecule has 0 bridgehead atoms. The summed E-state index contributed by atoms with van der Waals surface area (Å²) >= 11 is 0.